The van der Waals surface area contributed by atoms with E-state index in [4.69, 9.17) is 16.3 Å². The molecule has 4 nitrogen and oxygen atoms in total. The van der Waals surface area contributed by atoms with Crippen molar-refractivity contribution in [3.05, 3.63) is 40.9 Å². The van der Waals surface area contributed by atoms with Gasteiger partial charge in [0.2, 0.25) is 0 Å². The molecular formula is C31H44ClNO3. The minimum absolute atomic E-state index is 0.217. The van der Waals surface area contributed by atoms with E-state index >= 15 is 0 Å². The first-order chi connectivity index (χ1) is 17.2. The van der Waals surface area contributed by atoms with Gasteiger partial charge in [-0.25, -0.2) is 0 Å². The molecule has 1 saturated heterocycles. The number of hydrogen-bond donors (Lipinski definition) is 1. The molecule has 5 heteroatoms. The summed E-state index contributed by atoms with van der Waals surface area (Å²) in [7, 11) is 0. The van der Waals surface area contributed by atoms with Crippen LogP contribution in [0.1, 0.15) is 84.6 Å². The zero-order valence-electron chi connectivity index (χ0n) is 22.6. The summed E-state index contributed by atoms with van der Waals surface area (Å²) in [4.78, 5) is 13.8. The molecule has 0 amide bonds. The van der Waals surface area contributed by atoms with Gasteiger partial charge in [0, 0.05) is 17.5 Å². The van der Waals surface area contributed by atoms with Gasteiger partial charge in [0.1, 0.15) is 5.75 Å². The van der Waals surface area contributed by atoms with Crippen molar-refractivity contribution in [2.45, 2.75) is 91.7 Å². The molecule has 1 heterocycles. The number of aliphatic carboxylic acids is 1. The van der Waals surface area contributed by atoms with Crippen molar-refractivity contribution >= 4 is 28.3 Å². The smallest absolute Gasteiger partial charge is 0.306 e. The summed E-state index contributed by atoms with van der Waals surface area (Å²) in [5.41, 5.74) is 1.56. The summed E-state index contributed by atoms with van der Waals surface area (Å²) >= 11 is 6.73. The van der Waals surface area contributed by atoms with Crippen LogP contribution >= 0.6 is 11.6 Å². The number of halogens is 1. The molecule has 0 spiro atoms. The molecule has 1 aliphatic heterocycles. The molecule has 1 aliphatic carbocycles. The number of fused-ring (bicyclic) bond motifs is 1. The van der Waals surface area contributed by atoms with Gasteiger partial charge in [0.05, 0.1) is 17.0 Å². The van der Waals surface area contributed by atoms with Gasteiger partial charge in [0.15, 0.2) is 0 Å². The Kier molecular flexibility index (Phi) is 8.88. The van der Waals surface area contributed by atoms with Crippen LogP contribution in [0.4, 0.5) is 0 Å². The maximum atomic E-state index is 11.4. The average molecular weight is 514 g/mol. The molecule has 1 atom stereocenters. The summed E-state index contributed by atoms with van der Waals surface area (Å²) in [5, 5.41) is 12.3. The third kappa shape index (κ3) is 6.37. The van der Waals surface area contributed by atoms with E-state index in [9.17, 15) is 9.90 Å². The molecule has 1 N–H and O–H groups in total. The lowest BCUT2D eigenvalue weighted by molar-refractivity contribution is -0.143. The van der Waals surface area contributed by atoms with E-state index in [1.807, 2.05) is 12.1 Å². The third-order valence-corrected chi connectivity index (χ3v) is 9.34. The normalized spacial score (nSPS) is 23.0. The molecule has 2 aromatic carbocycles. The lowest BCUT2D eigenvalue weighted by atomic mass is 9.67. The zero-order valence-corrected chi connectivity index (χ0v) is 23.3. The number of hydrogen-bond acceptors (Lipinski definition) is 3. The summed E-state index contributed by atoms with van der Waals surface area (Å²) in [5.74, 6) is 1.54. The van der Waals surface area contributed by atoms with Crippen LogP contribution in [0.25, 0.3) is 10.8 Å². The van der Waals surface area contributed by atoms with E-state index < -0.39 is 5.97 Å². The number of nitrogens with zero attached hydrogens (tertiary/aromatic N) is 1. The average Bonchev–Trinajstić information content (AvgIpc) is 2.86. The van der Waals surface area contributed by atoms with E-state index in [0.717, 1.165) is 65.9 Å². The van der Waals surface area contributed by atoms with Gasteiger partial charge in [-0.1, -0.05) is 70.0 Å². The fraction of sp³-hybridized carbons (Fsp3) is 0.645. The van der Waals surface area contributed by atoms with Crippen LogP contribution in [0.15, 0.2) is 30.3 Å². The van der Waals surface area contributed by atoms with Crippen molar-refractivity contribution in [3.8, 4) is 5.75 Å². The van der Waals surface area contributed by atoms with Gasteiger partial charge < -0.3 is 9.84 Å². The molecule has 1 saturated carbocycles. The second-order valence-electron chi connectivity index (χ2n) is 12.1. The van der Waals surface area contributed by atoms with E-state index in [0.29, 0.717) is 18.3 Å². The number of carboxylic acids is 1. The molecule has 0 bridgehead atoms. The molecule has 2 aromatic rings. The summed E-state index contributed by atoms with van der Waals surface area (Å²) in [6.45, 7) is 11.9. The quantitative estimate of drug-likeness (QED) is 0.367. The Morgan fingerprint density at radius 3 is 2.36 bits per heavy atom. The van der Waals surface area contributed by atoms with Crippen molar-refractivity contribution in [2.24, 2.45) is 23.2 Å². The highest BCUT2D eigenvalue weighted by atomic mass is 35.5. The first-order valence-corrected chi connectivity index (χ1v) is 14.4. The van der Waals surface area contributed by atoms with Crippen LogP contribution in [0, 0.1) is 23.2 Å². The lowest BCUT2D eigenvalue weighted by Crippen LogP contribution is -2.36. The fourth-order valence-corrected chi connectivity index (χ4v) is 6.81. The van der Waals surface area contributed by atoms with Gasteiger partial charge in [-0.05, 0) is 86.7 Å². The molecule has 2 fully saturated rings. The highest BCUT2D eigenvalue weighted by Crippen LogP contribution is 2.44. The SMILES string of the molecule is CC[C@H](C)CC(C)(C)C1CCC(Oc2cc(Cl)c3ccccc3c2CN2CCC(C(=O)O)CC2)CC1. The topological polar surface area (TPSA) is 49.8 Å². The van der Waals surface area contributed by atoms with Gasteiger partial charge in [-0.3, -0.25) is 9.69 Å². The minimum Gasteiger partial charge on any atom is -0.490 e. The number of carboxylic acid groups (broad SMARTS) is 1. The fourth-order valence-electron chi connectivity index (χ4n) is 6.55. The van der Waals surface area contributed by atoms with E-state index in [1.165, 1.54) is 31.2 Å². The Labute approximate surface area is 222 Å². The van der Waals surface area contributed by atoms with E-state index in [1.54, 1.807) is 0 Å². The minimum atomic E-state index is -0.668. The van der Waals surface area contributed by atoms with Crippen molar-refractivity contribution in [3.63, 3.8) is 0 Å². The third-order valence-electron chi connectivity index (χ3n) is 9.03. The van der Waals surface area contributed by atoms with E-state index in [-0.39, 0.29) is 12.0 Å². The van der Waals surface area contributed by atoms with Gasteiger partial charge in [0.25, 0.3) is 0 Å². The molecule has 198 valence electrons. The summed E-state index contributed by atoms with van der Waals surface area (Å²) in [6, 6.07) is 10.3. The largest absolute Gasteiger partial charge is 0.490 e. The summed E-state index contributed by atoms with van der Waals surface area (Å²) < 4.78 is 6.73. The maximum absolute atomic E-state index is 11.4. The van der Waals surface area contributed by atoms with Gasteiger partial charge in [-0.15, -0.1) is 0 Å². The van der Waals surface area contributed by atoms with Gasteiger partial charge >= 0.3 is 5.97 Å². The number of piperidine rings is 1. The number of carbonyl (C=O) groups is 1. The Balaban J connectivity index is 1.49. The number of ether oxygens (including phenoxy) is 1. The van der Waals surface area contributed by atoms with Crippen LogP contribution in [-0.4, -0.2) is 35.2 Å². The summed E-state index contributed by atoms with van der Waals surface area (Å²) in [6.07, 6.45) is 8.77. The van der Waals surface area contributed by atoms with Crippen LogP contribution in [-0.2, 0) is 11.3 Å². The molecule has 36 heavy (non-hydrogen) atoms. The second-order valence-corrected chi connectivity index (χ2v) is 12.5. The van der Waals surface area contributed by atoms with Crippen LogP contribution in [0.5, 0.6) is 5.75 Å². The van der Waals surface area contributed by atoms with Crippen molar-refractivity contribution < 1.29 is 14.6 Å². The molecule has 0 radical (unpaired) electrons. The van der Waals surface area contributed by atoms with Crippen LogP contribution in [0.3, 0.4) is 0 Å². The zero-order chi connectivity index (χ0) is 25.9. The first-order valence-electron chi connectivity index (χ1n) is 14.0. The van der Waals surface area contributed by atoms with Crippen LogP contribution in [0.2, 0.25) is 5.02 Å². The predicted molar refractivity (Wildman–Crippen MR) is 149 cm³/mol. The number of benzene rings is 2. The molecule has 0 aromatic heterocycles. The first kappa shape index (κ1) is 27.3. The van der Waals surface area contributed by atoms with Crippen molar-refractivity contribution in [1.82, 2.24) is 4.90 Å². The molecule has 2 aliphatic rings. The second kappa shape index (κ2) is 11.7. The van der Waals surface area contributed by atoms with Gasteiger partial charge in [-0.2, -0.15) is 0 Å². The molecule has 0 unspecified atom stereocenters. The Bertz CT molecular complexity index is 1040. The van der Waals surface area contributed by atoms with E-state index in [2.05, 4.69) is 50.8 Å². The van der Waals surface area contributed by atoms with Crippen molar-refractivity contribution in [2.75, 3.05) is 13.1 Å². The maximum Gasteiger partial charge on any atom is 0.306 e. The lowest BCUT2D eigenvalue weighted by Gasteiger charge is -2.41. The predicted octanol–water partition coefficient (Wildman–Crippen LogP) is 8.19. The molecule has 4 rings (SSSR count). The molecular weight excluding hydrogens is 470 g/mol. The highest BCUT2D eigenvalue weighted by Gasteiger charge is 2.35. The number of rotatable bonds is 9. The Morgan fingerprint density at radius 2 is 1.75 bits per heavy atom. The monoisotopic (exact) mass is 513 g/mol. The van der Waals surface area contributed by atoms with Crippen LogP contribution < -0.4 is 4.74 Å². The van der Waals surface area contributed by atoms with Crippen molar-refractivity contribution in [1.29, 1.82) is 0 Å². The Hall–Kier alpha value is -1.78. The highest BCUT2D eigenvalue weighted by molar-refractivity contribution is 6.35. The Morgan fingerprint density at radius 1 is 1.11 bits per heavy atom. The number of likely N-dealkylation sites (tertiary alicyclic amines) is 1. The standard InChI is InChI=1S/C31H44ClNO3/c1-5-21(2)19-31(3,4)23-10-12-24(13-11-23)36-29-18-28(32)26-9-7-6-8-25(26)27(29)20-33-16-14-22(15-17-33)30(34)35/h6-9,18,21-24H,5,10-17,19-20H2,1-4H3,(H,34,35)/t21-,23?,24?/m0/s1.